The monoisotopic (exact) mass is 449 g/mol. The molecule has 0 unspecified atom stereocenters. The third-order valence-electron chi connectivity index (χ3n) is 2.40. The van der Waals surface area contributed by atoms with Crippen LogP contribution < -0.4 is 5.32 Å². The van der Waals surface area contributed by atoms with Crippen LogP contribution in [0.2, 0.25) is 0 Å². The lowest BCUT2D eigenvalue weighted by molar-refractivity contribution is 0.102. The molecule has 0 atom stereocenters. The van der Waals surface area contributed by atoms with E-state index in [0.29, 0.717) is 5.69 Å². The Morgan fingerprint density at radius 1 is 1.00 bits per heavy atom. The van der Waals surface area contributed by atoms with Gasteiger partial charge in [-0.05, 0) is 72.1 Å². The van der Waals surface area contributed by atoms with Gasteiger partial charge in [0, 0.05) is 8.95 Å². The first-order valence-electron chi connectivity index (χ1n) is 5.20. The topological polar surface area (TPSA) is 29.1 Å². The molecule has 2 aromatic carbocycles. The fourth-order valence-corrected chi connectivity index (χ4v) is 3.12. The average Bonchev–Trinajstić information content (AvgIpc) is 2.37. The van der Waals surface area contributed by atoms with E-state index in [2.05, 4.69) is 53.1 Å². The number of para-hydroxylation sites is 1. The molecular weight excluding hydrogens is 445 g/mol. The molecule has 0 aliphatic heterocycles. The molecule has 2 aromatic rings. The van der Waals surface area contributed by atoms with Gasteiger partial charge in [-0.3, -0.25) is 4.79 Å². The number of halogens is 4. The molecule has 0 aromatic heterocycles. The third kappa shape index (κ3) is 3.24. The van der Waals surface area contributed by atoms with Gasteiger partial charge in [-0.1, -0.05) is 12.1 Å². The van der Waals surface area contributed by atoms with E-state index in [1.54, 1.807) is 18.2 Å². The highest BCUT2D eigenvalue weighted by Gasteiger charge is 2.15. The lowest BCUT2D eigenvalue weighted by Crippen LogP contribution is -2.13. The zero-order valence-electron chi connectivity index (χ0n) is 9.38. The van der Waals surface area contributed by atoms with Crippen LogP contribution in [0.5, 0.6) is 0 Å². The second kappa shape index (κ2) is 6.15. The molecule has 2 nitrogen and oxygen atoms in total. The first-order valence-corrected chi connectivity index (χ1v) is 7.58. The van der Waals surface area contributed by atoms with Gasteiger partial charge in [0.15, 0.2) is 0 Å². The molecule has 0 bridgehead atoms. The number of rotatable bonds is 2. The van der Waals surface area contributed by atoms with Crippen LogP contribution in [0.4, 0.5) is 10.1 Å². The molecule has 19 heavy (non-hydrogen) atoms. The molecule has 2 rings (SSSR count). The van der Waals surface area contributed by atoms with E-state index in [0.717, 1.165) is 8.95 Å². The average molecular weight is 452 g/mol. The molecule has 0 saturated heterocycles. The van der Waals surface area contributed by atoms with Crippen molar-refractivity contribution in [2.24, 2.45) is 0 Å². The van der Waals surface area contributed by atoms with Crippen molar-refractivity contribution in [2.45, 2.75) is 0 Å². The molecule has 0 fully saturated rings. The summed E-state index contributed by atoms with van der Waals surface area (Å²) in [6.07, 6.45) is 0. The van der Waals surface area contributed by atoms with Crippen molar-refractivity contribution >= 4 is 59.4 Å². The summed E-state index contributed by atoms with van der Waals surface area (Å²) in [5.74, 6) is -0.863. The van der Waals surface area contributed by atoms with Crippen molar-refractivity contribution in [1.82, 2.24) is 0 Å². The highest BCUT2D eigenvalue weighted by molar-refractivity contribution is 9.11. The Morgan fingerprint density at radius 3 is 2.21 bits per heavy atom. The summed E-state index contributed by atoms with van der Waals surface area (Å²) in [5, 5.41) is 2.73. The first kappa shape index (κ1) is 14.7. The third-order valence-corrected chi connectivity index (χ3v) is 4.53. The molecule has 0 heterocycles. The number of carbonyl (C=O) groups is 1. The Bertz CT molecular complexity index is 626. The minimum absolute atomic E-state index is 0.149. The maximum Gasteiger partial charge on any atom is 0.256 e. The van der Waals surface area contributed by atoms with E-state index in [4.69, 9.17) is 0 Å². The highest BCUT2D eigenvalue weighted by Crippen LogP contribution is 2.31. The van der Waals surface area contributed by atoms with Gasteiger partial charge in [0.2, 0.25) is 0 Å². The summed E-state index contributed by atoms with van der Waals surface area (Å²) in [6.45, 7) is 0. The van der Waals surface area contributed by atoms with Gasteiger partial charge >= 0.3 is 0 Å². The quantitative estimate of drug-likeness (QED) is 0.653. The zero-order valence-corrected chi connectivity index (χ0v) is 14.1. The molecule has 6 heteroatoms. The Balaban J connectivity index is 2.34. The largest absolute Gasteiger partial charge is 0.320 e. The molecule has 98 valence electrons. The Morgan fingerprint density at radius 2 is 1.58 bits per heavy atom. The molecule has 0 saturated carbocycles. The van der Waals surface area contributed by atoms with Crippen LogP contribution in [0.3, 0.4) is 0 Å². The lowest BCUT2D eigenvalue weighted by atomic mass is 10.2. The second-order valence-electron chi connectivity index (χ2n) is 3.65. The van der Waals surface area contributed by atoms with Crippen LogP contribution in [-0.4, -0.2) is 5.91 Å². The van der Waals surface area contributed by atoms with Gasteiger partial charge in [-0.25, -0.2) is 4.39 Å². The zero-order chi connectivity index (χ0) is 14.0. The summed E-state index contributed by atoms with van der Waals surface area (Å²) < 4.78 is 15.0. The van der Waals surface area contributed by atoms with Crippen molar-refractivity contribution in [2.75, 3.05) is 5.32 Å². The highest BCUT2D eigenvalue weighted by atomic mass is 79.9. The van der Waals surface area contributed by atoms with Gasteiger partial charge in [-0.2, -0.15) is 0 Å². The van der Waals surface area contributed by atoms with E-state index in [9.17, 15) is 9.18 Å². The van der Waals surface area contributed by atoms with Crippen molar-refractivity contribution < 1.29 is 9.18 Å². The lowest BCUT2D eigenvalue weighted by Gasteiger charge is -2.10. The number of hydrogen-bond donors (Lipinski definition) is 1. The summed E-state index contributed by atoms with van der Waals surface area (Å²) >= 11 is 9.77. The van der Waals surface area contributed by atoms with E-state index < -0.39 is 5.82 Å². The van der Waals surface area contributed by atoms with Crippen molar-refractivity contribution in [1.29, 1.82) is 0 Å². The summed E-state index contributed by atoms with van der Waals surface area (Å²) in [7, 11) is 0. The fraction of sp³-hybridized carbons (Fsp3) is 0. The van der Waals surface area contributed by atoms with Gasteiger partial charge in [-0.15, -0.1) is 0 Å². The molecule has 0 spiro atoms. The van der Waals surface area contributed by atoms with Gasteiger partial charge in [0.05, 0.1) is 15.7 Å². The van der Waals surface area contributed by atoms with Crippen LogP contribution >= 0.6 is 47.8 Å². The number of hydrogen-bond acceptors (Lipinski definition) is 1. The number of carbonyl (C=O) groups excluding carboxylic acids is 1. The Labute approximate surface area is 134 Å². The van der Waals surface area contributed by atoms with E-state index in [1.807, 2.05) is 6.07 Å². The van der Waals surface area contributed by atoms with Crippen LogP contribution in [0.1, 0.15) is 10.4 Å². The Kier molecular flexibility index (Phi) is 4.76. The second-order valence-corrected chi connectivity index (χ2v) is 6.15. The van der Waals surface area contributed by atoms with Crippen molar-refractivity contribution in [3.05, 3.63) is 61.2 Å². The molecule has 0 radical (unpaired) electrons. The first-order chi connectivity index (χ1) is 9.00. The molecule has 0 aliphatic rings. The minimum Gasteiger partial charge on any atom is -0.320 e. The molecular formula is C13H7Br3FNO. The van der Waals surface area contributed by atoms with Crippen molar-refractivity contribution in [3.8, 4) is 0 Å². The van der Waals surface area contributed by atoms with E-state index in [-0.39, 0.29) is 15.9 Å². The van der Waals surface area contributed by atoms with Crippen LogP contribution in [-0.2, 0) is 0 Å². The van der Waals surface area contributed by atoms with Crippen LogP contribution in [0, 0.1) is 5.82 Å². The number of amides is 1. The van der Waals surface area contributed by atoms with E-state index in [1.165, 1.54) is 12.1 Å². The predicted octanol–water partition coefficient (Wildman–Crippen LogP) is 5.37. The number of anilines is 1. The van der Waals surface area contributed by atoms with E-state index >= 15 is 0 Å². The maximum atomic E-state index is 13.4. The number of nitrogens with one attached hydrogen (secondary N) is 1. The molecule has 1 amide bonds. The number of benzene rings is 2. The van der Waals surface area contributed by atoms with Gasteiger partial charge in [0.1, 0.15) is 5.82 Å². The maximum absolute atomic E-state index is 13.4. The standard InChI is InChI=1S/C13H7Br3FNO/c14-8-4-2-5-9(15)12(8)18-13(19)7-3-1-6-10(17)11(7)16/h1-6H,(H,18,19). The van der Waals surface area contributed by atoms with Gasteiger partial charge < -0.3 is 5.32 Å². The van der Waals surface area contributed by atoms with Crippen molar-refractivity contribution in [3.63, 3.8) is 0 Å². The summed E-state index contributed by atoms with van der Waals surface area (Å²) in [6, 6.07) is 9.77. The van der Waals surface area contributed by atoms with Crippen LogP contribution in [0.25, 0.3) is 0 Å². The predicted molar refractivity (Wildman–Crippen MR) is 83.9 cm³/mol. The summed E-state index contributed by atoms with van der Waals surface area (Å²) in [4.78, 5) is 12.1. The minimum atomic E-state index is -0.473. The fourth-order valence-electron chi connectivity index (χ4n) is 1.48. The Hall–Kier alpha value is -0.720. The smallest absolute Gasteiger partial charge is 0.256 e. The molecule has 1 N–H and O–H groups in total. The summed E-state index contributed by atoms with van der Waals surface area (Å²) in [5.41, 5.74) is 0.839. The van der Waals surface area contributed by atoms with Crippen LogP contribution in [0.15, 0.2) is 49.8 Å². The normalized spacial score (nSPS) is 10.3. The SMILES string of the molecule is O=C(Nc1c(Br)cccc1Br)c1cccc(F)c1Br. The molecule has 0 aliphatic carbocycles. The van der Waals surface area contributed by atoms with Gasteiger partial charge in [0.25, 0.3) is 5.91 Å².